The van der Waals surface area contributed by atoms with Crippen LogP contribution in [0.1, 0.15) is 12.8 Å². The van der Waals surface area contributed by atoms with E-state index in [1.807, 2.05) is 0 Å². The van der Waals surface area contributed by atoms with Gasteiger partial charge in [0.1, 0.15) is 18.1 Å². The number of carboxylic acid groups (broad SMARTS) is 3. The van der Waals surface area contributed by atoms with Gasteiger partial charge in [-0.15, -0.1) is 0 Å². The zero-order valence-electron chi connectivity index (χ0n) is 12.3. The number of hydrogen-bond donors (Lipinski definition) is 7. The van der Waals surface area contributed by atoms with Gasteiger partial charge in [0, 0.05) is 17.3 Å². The quantitative estimate of drug-likeness (QED) is 0.134. The van der Waals surface area contributed by atoms with E-state index in [0.717, 1.165) is 0 Å². The minimum atomic E-state index is -1.00. The lowest BCUT2D eigenvalue weighted by atomic mass is 10.2. The molecule has 0 aliphatic heterocycles. The van der Waals surface area contributed by atoms with Gasteiger partial charge in [0.05, 0.1) is 0 Å². The molecule has 0 saturated carbocycles. The van der Waals surface area contributed by atoms with Crippen molar-refractivity contribution >= 4 is 52.1 Å². The summed E-state index contributed by atoms with van der Waals surface area (Å²) >= 11 is 3.65. The average molecular weight is 390 g/mol. The maximum absolute atomic E-state index is 10.4. The van der Waals surface area contributed by atoms with Gasteiger partial charge in [-0.1, -0.05) is 21.6 Å². The molecule has 0 amide bonds. The topological polar surface area (TPSA) is 190 Å². The average Bonchev–Trinajstić information content (AvgIpc) is 2.49. The summed E-state index contributed by atoms with van der Waals surface area (Å²) < 4.78 is 0. The van der Waals surface area contributed by atoms with Crippen molar-refractivity contribution in [2.24, 2.45) is 17.2 Å². The maximum atomic E-state index is 10.4. The van der Waals surface area contributed by atoms with Crippen LogP contribution < -0.4 is 17.2 Å². The predicted octanol–water partition coefficient (Wildman–Crippen LogP) is -0.700. The highest BCUT2D eigenvalue weighted by molar-refractivity contribution is 8.76. The van der Waals surface area contributed by atoms with Crippen molar-refractivity contribution < 1.29 is 29.7 Å². The van der Waals surface area contributed by atoms with Crippen molar-refractivity contribution in [2.75, 3.05) is 17.3 Å². The number of nitrogens with two attached hydrogens (primary N) is 3. The Hall–Kier alpha value is -0.660. The van der Waals surface area contributed by atoms with Crippen LogP contribution >= 0.6 is 34.2 Å². The van der Waals surface area contributed by atoms with Gasteiger partial charge >= 0.3 is 17.9 Å². The fourth-order valence-corrected chi connectivity index (χ4v) is 3.17. The van der Waals surface area contributed by atoms with E-state index < -0.39 is 36.0 Å². The lowest BCUT2D eigenvalue weighted by Gasteiger charge is -2.06. The van der Waals surface area contributed by atoms with Gasteiger partial charge in [-0.2, -0.15) is 12.6 Å². The molecule has 3 unspecified atom stereocenters. The summed E-state index contributed by atoms with van der Waals surface area (Å²) in [6.45, 7) is 0. The summed E-state index contributed by atoms with van der Waals surface area (Å²) in [5.41, 5.74) is 15.5. The largest absolute Gasteiger partial charge is 0.480 e. The molecule has 0 aliphatic rings. The third-order valence-electron chi connectivity index (χ3n) is 2.26. The minimum absolute atomic E-state index is 0.190. The summed E-state index contributed by atoms with van der Waals surface area (Å²) in [6.07, 6.45) is 0.802. The Bertz CT molecular complexity index is 351. The summed E-state index contributed by atoms with van der Waals surface area (Å²) in [5, 5.41) is 25.0. The van der Waals surface area contributed by atoms with Gasteiger partial charge in [0.25, 0.3) is 0 Å². The SMILES string of the molecule is NC(CCSSCCC(N)C(=O)O)C(=O)O.NC(CS)C(=O)O. The fraction of sp³-hybridized carbons (Fsp3) is 0.727. The molecule has 0 fully saturated rings. The molecule has 0 radical (unpaired) electrons. The predicted molar refractivity (Wildman–Crippen MR) is 94.8 cm³/mol. The molecule has 23 heavy (non-hydrogen) atoms. The lowest BCUT2D eigenvalue weighted by molar-refractivity contribution is -0.139. The molecule has 0 saturated heterocycles. The van der Waals surface area contributed by atoms with Crippen molar-refractivity contribution in [3.8, 4) is 0 Å². The standard InChI is InChI=1S/C8H16N2O4S2.C3H7NO2S/c9-5(7(11)12)1-3-15-16-4-2-6(10)8(13)14;4-2(1-7)3(5)6/h5-6H,1-4,9-10H2,(H,11,12)(H,13,14);2,7H,1,4H2,(H,5,6). The molecule has 3 atom stereocenters. The first kappa shape index (κ1) is 24.6. The van der Waals surface area contributed by atoms with E-state index >= 15 is 0 Å². The number of thiol groups is 1. The normalized spacial score (nSPS) is 14.1. The number of aliphatic carboxylic acids is 3. The molecule has 0 bridgehead atoms. The first-order chi connectivity index (χ1) is 10.6. The third kappa shape index (κ3) is 16.0. The van der Waals surface area contributed by atoms with Gasteiger partial charge in [-0.05, 0) is 12.8 Å². The Balaban J connectivity index is 0. The van der Waals surface area contributed by atoms with Crippen molar-refractivity contribution in [1.82, 2.24) is 0 Å². The first-order valence-electron chi connectivity index (χ1n) is 6.43. The summed E-state index contributed by atoms with van der Waals surface area (Å²) in [4.78, 5) is 30.5. The van der Waals surface area contributed by atoms with Crippen molar-refractivity contribution in [3.05, 3.63) is 0 Å². The molecule has 0 aromatic carbocycles. The first-order valence-corrected chi connectivity index (χ1v) is 9.55. The molecule has 0 aromatic rings. The van der Waals surface area contributed by atoms with Gasteiger partial charge in [0.2, 0.25) is 0 Å². The van der Waals surface area contributed by atoms with Crippen molar-refractivity contribution in [2.45, 2.75) is 31.0 Å². The van der Waals surface area contributed by atoms with E-state index in [9.17, 15) is 14.4 Å². The Labute approximate surface area is 147 Å². The van der Waals surface area contributed by atoms with Crippen molar-refractivity contribution in [1.29, 1.82) is 0 Å². The van der Waals surface area contributed by atoms with Crippen LogP contribution in [0.2, 0.25) is 0 Å². The van der Waals surface area contributed by atoms with E-state index in [0.29, 0.717) is 24.3 Å². The van der Waals surface area contributed by atoms with Crippen LogP contribution in [0.4, 0.5) is 0 Å². The molecule has 9 N–H and O–H groups in total. The maximum Gasteiger partial charge on any atom is 0.321 e. The smallest absolute Gasteiger partial charge is 0.321 e. The van der Waals surface area contributed by atoms with Gasteiger partial charge in [-0.25, -0.2) is 0 Å². The lowest BCUT2D eigenvalue weighted by Crippen LogP contribution is -2.31. The van der Waals surface area contributed by atoms with Gasteiger partial charge in [-0.3, -0.25) is 14.4 Å². The highest BCUT2D eigenvalue weighted by atomic mass is 33.1. The Morgan fingerprint density at radius 3 is 1.26 bits per heavy atom. The van der Waals surface area contributed by atoms with Gasteiger partial charge in [0.15, 0.2) is 0 Å². The molecule has 0 spiro atoms. The highest BCUT2D eigenvalue weighted by Crippen LogP contribution is 2.23. The molecular weight excluding hydrogens is 366 g/mol. The second-order valence-electron chi connectivity index (χ2n) is 4.24. The highest BCUT2D eigenvalue weighted by Gasteiger charge is 2.12. The van der Waals surface area contributed by atoms with Gasteiger partial charge < -0.3 is 32.5 Å². The number of hydrogen-bond acceptors (Lipinski definition) is 9. The van der Waals surface area contributed by atoms with Crippen LogP contribution in [-0.2, 0) is 14.4 Å². The molecule has 0 heterocycles. The van der Waals surface area contributed by atoms with Crippen LogP contribution in [0.3, 0.4) is 0 Å². The number of carboxylic acids is 3. The minimum Gasteiger partial charge on any atom is -0.480 e. The summed E-state index contributed by atoms with van der Waals surface area (Å²) in [5.74, 6) is -1.57. The van der Waals surface area contributed by atoms with Crippen LogP contribution in [0.15, 0.2) is 0 Å². The van der Waals surface area contributed by atoms with Crippen LogP contribution in [-0.4, -0.2) is 68.6 Å². The monoisotopic (exact) mass is 389 g/mol. The molecule has 12 heteroatoms. The van der Waals surface area contributed by atoms with E-state index in [2.05, 4.69) is 12.6 Å². The van der Waals surface area contributed by atoms with E-state index in [1.54, 1.807) is 0 Å². The Morgan fingerprint density at radius 2 is 1.09 bits per heavy atom. The third-order valence-corrected chi connectivity index (χ3v) is 5.12. The Morgan fingerprint density at radius 1 is 0.783 bits per heavy atom. The van der Waals surface area contributed by atoms with E-state index in [4.69, 9.17) is 32.5 Å². The van der Waals surface area contributed by atoms with E-state index in [1.165, 1.54) is 21.6 Å². The van der Waals surface area contributed by atoms with Crippen LogP contribution in [0, 0.1) is 0 Å². The zero-order chi connectivity index (χ0) is 18.4. The molecule has 0 rings (SSSR count). The summed E-state index contributed by atoms with van der Waals surface area (Å²) in [6, 6.07) is -2.47. The molecule has 9 nitrogen and oxygen atoms in total. The molecule has 0 aliphatic carbocycles. The number of rotatable bonds is 11. The van der Waals surface area contributed by atoms with Crippen molar-refractivity contribution in [3.63, 3.8) is 0 Å². The van der Waals surface area contributed by atoms with Crippen LogP contribution in [0.25, 0.3) is 0 Å². The molecular formula is C11H23N3O6S3. The zero-order valence-corrected chi connectivity index (χ0v) is 14.9. The second-order valence-corrected chi connectivity index (χ2v) is 7.31. The van der Waals surface area contributed by atoms with Crippen LogP contribution in [0.5, 0.6) is 0 Å². The number of carbonyl (C=O) groups is 3. The Kier molecular flexibility index (Phi) is 15.9. The van der Waals surface area contributed by atoms with E-state index in [-0.39, 0.29) is 5.75 Å². The molecule has 136 valence electrons. The fourth-order valence-electron chi connectivity index (χ4n) is 0.793. The molecule has 0 aromatic heterocycles. The second kappa shape index (κ2) is 14.9. The summed E-state index contributed by atoms with van der Waals surface area (Å²) in [7, 11) is 2.96.